The van der Waals surface area contributed by atoms with Gasteiger partial charge in [-0.1, -0.05) is 13.8 Å². The summed E-state index contributed by atoms with van der Waals surface area (Å²) in [7, 11) is 0. The van der Waals surface area contributed by atoms with Crippen LogP contribution >= 0.6 is 0 Å². The van der Waals surface area contributed by atoms with E-state index in [1.165, 1.54) is 0 Å². The average molecular weight is 346 g/mol. The molecule has 25 heavy (non-hydrogen) atoms. The summed E-state index contributed by atoms with van der Waals surface area (Å²) < 4.78 is 5.80. The molecule has 0 aromatic carbocycles. The number of ketones is 1. The lowest BCUT2D eigenvalue weighted by molar-refractivity contribution is -0.162. The standard InChI is InChI=1S/C21H30O4/c1-3-19(23)25-18-7-6-16-15-5-4-13-12-14(22)8-11-21(13,24)17(15)9-10-20(16,18)2/h12,15-18,24H,3-11H2,1-2H3/t15-,16+,17-,18+,20+,21+/m0/s1. The lowest BCUT2D eigenvalue weighted by Gasteiger charge is -2.56. The van der Waals surface area contributed by atoms with Crippen LogP contribution in [0, 0.1) is 23.2 Å². The Morgan fingerprint density at radius 1 is 1.20 bits per heavy atom. The van der Waals surface area contributed by atoms with Crippen LogP contribution in [0.1, 0.15) is 71.6 Å². The summed E-state index contributed by atoms with van der Waals surface area (Å²) >= 11 is 0. The molecule has 0 bridgehead atoms. The molecule has 0 heterocycles. The van der Waals surface area contributed by atoms with E-state index in [1.54, 1.807) is 6.08 Å². The molecule has 4 heteroatoms. The van der Waals surface area contributed by atoms with E-state index in [2.05, 4.69) is 6.92 Å². The van der Waals surface area contributed by atoms with Gasteiger partial charge in [-0.3, -0.25) is 9.59 Å². The molecule has 0 aromatic rings. The van der Waals surface area contributed by atoms with Crippen molar-refractivity contribution in [2.45, 2.75) is 83.3 Å². The predicted molar refractivity (Wildman–Crippen MR) is 93.7 cm³/mol. The first-order valence-electron chi connectivity index (χ1n) is 10.0. The third kappa shape index (κ3) is 2.51. The van der Waals surface area contributed by atoms with Gasteiger partial charge < -0.3 is 9.84 Å². The normalized spacial score (nSPS) is 45.9. The van der Waals surface area contributed by atoms with Gasteiger partial charge in [0, 0.05) is 18.3 Å². The van der Waals surface area contributed by atoms with E-state index in [0.29, 0.717) is 31.1 Å². The minimum atomic E-state index is -0.768. The summed E-state index contributed by atoms with van der Waals surface area (Å²) in [5, 5.41) is 11.5. The van der Waals surface area contributed by atoms with Crippen LogP contribution in [0.2, 0.25) is 0 Å². The maximum absolute atomic E-state index is 11.8. The number of fused-ring (bicyclic) bond motifs is 5. The zero-order valence-corrected chi connectivity index (χ0v) is 15.4. The Morgan fingerprint density at radius 3 is 2.76 bits per heavy atom. The summed E-state index contributed by atoms with van der Waals surface area (Å²) in [6, 6.07) is 0. The number of esters is 1. The number of carbonyl (C=O) groups excluding carboxylic acids is 2. The van der Waals surface area contributed by atoms with E-state index in [4.69, 9.17) is 4.74 Å². The fourth-order valence-electron chi connectivity index (χ4n) is 6.57. The van der Waals surface area contributed by atoms with Gasteiger partial charge in [0.05, 0.1) is 5.60 Å². The zero-order valence-electron chi connectivity index (χ0n) is 15.4. The molecular weight excluding hydrogens is 316 g/mol. The van der Waals surface area contributed by atoms with Gasteiger partial charge in [-0.2, -0.15) is 0 Å². The van der Waals surface area contributed by atoms with Gasteiger partial charge >= 0.3 is 5.97 Å². The van der Waals surface area contributed by atoms with Gasteiger partial charge in [0.1, 0.15) is 6.10 Å². The highest BCUT2D eigenvalue weighted by Gasteiger charge is 2.60. The quantitative estimate of drug-likeness (QED) is 0.777. The summed E-state index contributed by atoms with van der Waals surface area (Å²) in [5.74, 6) is 1.35. The van der Waals surface area contributed by atoms with E-state index < -0.39 is 5.60 Å². The van der Waals surface area contributed by atoms with Gasteiger partial charge in [-0.05, 0) is 74.3 Å². The van der Waals surface area contributed by atoms with Crippen LogP contribution in [0.4, 0.5) is 0 Å². The Kier molecular flexibility index (Phi) is 4.10. The number of ether oxygens (including phenoxy) is 1. The Morgan fingerprint density at radius 2 is 2.00 bits per heavy atom. The molecule has 4 aliphatic rings. The highest BCUT2D eigenvalue weighted by atomic mass is 16.5. The number of hydrogen-bond donors (Lipinski definition) is 1. The third-order valence-corrected chi connectivity index (χ3v) is 7.92. The zero-order chi connectivity index (χ0) is 17.8. The van der Waals surface area contributed by atoms with Crippen molar-refractivity contribution in [2.75, 3.05) is 0 Å². The maximum Gasteiger partial charge on any atom is 0.305 e. The third-order valence-electron chi connectivity index (χ3n) is 7.92. The number of aliphatic hydroxyl groups is 1. The van der Waals surface area contributed by atoms with E-state index in [-0.39, 0.29) is 29.2 Å². The van der Waals surface area contributed by atoms with E-state index in [1.807, 2.05) is 6.92 Å². The SMILES string of the molecule is CCC(=O)O[C@@H]1CC[C@@H]2[C@@H]3CCC4=CC(=O)CC[C@]4(O)[C@H]3CC[C@]21C. The fourth-order valence-corrected chi connectivity index (χ4v) is 6.57. The molecule has 4 rings (SSSR count). The van der Waals surface area contributed by atoms with Crippen molar-refractivity contribution in [1.82, 2.24) is 0 Å². The molecule has 0 spiro atoms. The Balaban J connectivity index is 1.59. The predicted octanol–water partition coefficient (Wildman–Crippen LogP) is 3.56. The Bertz CT molecular complexity index is 623. The van der Waals surface area contributed by atoms with Crippen molar-refractivity contribution in [3.63, 3.8) is 0 Å². The molecule has 6 atom stereocenters. The molecule has 0 unspecified atom stereocenters. The summed E-state index contributed by atoms with van der Waals surface area (Å²) in [4.78, 5) is 23.6. The van der Waals surface area contributed by atoms with Gasteiger partial charge in [0.15, 0.2) is 5.78 Å². The molecule has 1 N–H and O–H groups in total. The van der Waals surface area contributed by atoms with Crippen LogP contribution < -0.4 is 0 Å². The lowest BCUT2D eigenvalue weighted by Crippen LogP contribution is -2.56. The van der Waals surface area contributed by atoms with Crippen LogP contribution in [0.3, 0.4) is 0 Å². The topological polar surface area (TPSA) is 63.6 Å². The van der Waals surface area contributed by atoms with Gasteiger partial charge in [0.2, 0.25) is 0 Å². The lowest BCUT2D eigenvalue weighted by atomic mass is 9.50. The molecular formula is C21H30O4. The summed E-state index contributed by atoms with van der Waals surface area (Å²) in [6.07, 6.45) is 9.19. The molecule has 4 aliphatic carbocycles. The van der Waals surface area contributed by atoms with Crippen LogP contribution in [-0.4, -0.2) is 28.6 Å². The first-order valence-corrected chi connectivity index (χ1v) is 10.0. The van der Waals surface area contributed by atoms with Crippen molar-refractivity contribution in [3.05, 3.63) is 11.6 Å². The molecule has 3 fully saturated rings. The van der Waals surface area contributed by atoms with Gasteiger partial charge in [-0.25, -0.2) is 0 Å². The van der Waals surface area contributed by atoms with Gasteiger partial charge in [0.25, 0.3) is 0 Å². The molecule has 0 aromatic heterocycles. The van der Waals surface area contributed by atoms with E-state index in [0.717, 1.165) is 44.1 Å². The number of carbonyl (C=O) groups is 2. The van der Waals surface area contributed by atoms with Crippen molar-refractivity contribution >= 4 is 11.8 Å². The second-order valence-corrected chi connectivity index (χ2v) is 8.93. The second-order valence-electron chi connectivity index (χ2n) is 8.93. The van der Waals surface area contributed by atoms with Crippen LogP contribution in [-0.2, 0) is 14.3 Å². The first-order chi connectivity index (χ1) is 11.9. The minimum Gasteiger partial charge on any atom is -0.462 e. The molecule has 0 aliphatic heterocycles. The summed E-state index contributed by atoms with van der Waals surface area (Å²) in [5.41, 5.74) is 0.269. The summed E-state index contributed by atoms with van der Waals surface area (Å²) in [6.45, 7) is 4.15. The number of rotatable bonds is 2. The first kappa shape index (κ1) is 17.3. The van der Waals surface area contributed by atoms with Crippen molar-refractivity contribution < 1.29 is 19.4 Å². The molecule has 0 radical (unpaired) electrons. The highest BCUT2D eigenvalue weighted by molar-refractivity contribution is 5.92. The average Bonchev–Trinajstić information content (AvgIpc) is 2.92. The van der Waals surface area contributed by atoms with Crippen molar-refractivity contribution in [1.29, 1.82) is 0 Å². The van der Waals surface area contributed by atoms with Crippen LogP contribution in [0.25, 0.3) is 0 Å². The number of hydrogen-bond acceptors (Lipinski definition) is 4. The molecule has 4 nitrogen and oxygen atoms in total. The van der Waals surface area contributed by atoms with Gasteiger partial charge in [-0.15, -0.1) is 0 Å². The monoisotopic (exact) mass is 346 g/mol. The fraction of sp³-hybridized carbons (Fsp3) is 0.810. The molecule has 3 saturated carbocycles. The van der Waals surface area contributed by atoms with E-state index in [9.17, 15) is 14.7 Å². The smallest absolute Gasteiger partial charge is 0.305 e. The van der Waals surface area contributed by atoms with E-state index >= 15 is 0 Å². The van der Waals surface area contributed by atoms with Crippen molar-refractivity contribution in [2.24, 2.45) is 23.2 Å². The maximum atomic E-state index is 11.8. The Labute approximate surface area is 150 Å². The minimum absolute atomic E-state index is 0.0328. The highest BCUT2D eigenvalue weighted by Crippen LogP contribution is 2.63. The largest absolute Gasteiger partial charge is 0.462 e. The van der Waals surface area contributed by atoms with Crippen molar-refractivity contribution in [3.8, 4) is 0 Å². The molecule has 0 saturated heterocycles. The molecule has 138 valence electrons. The van der Waals surface area contributed by atoms with Crippen LogP contribution in [0.15, 0.2) is 11.6 Å². The van der Waals surface area contributed by atoms with Crippen LogP contribution in [0.5, 0.6) is 0 Å². The second kappa shape index (κ2) is 5.94. The Hall–Kier alpha value is -1.16. The molecule has 0 amide bonds.